The number of pyridine rings is 1. The Morgan fingerprint density at radius 2 is 2.00 bits per heavy atom. The summed E-state index contributed by atoms with van der Waals surface area (Å²) in [5.41, 5.74) is 8.99. The van der Waals surface area contributed by atoms with Gasteiger partial charge in [0.05, 0.1) is 17.3 Å². The second-order valence-corrected chi connectivity index (χ2v) is 5.68. The SMILES string of the molecule is NC1(c2ccc(C(=O)Nc3ccnc4[nH]ncc34)cc2)CC1. The molecule has 4 rings (SSSR count). The Hall–Kier alpha value is -2.73. The molecule has 1 aromatic carbocycles. The van der Waals surface area contributed by atoms with Crippen LogP contribution in [-0.4, -0.2) is 21.1 Å². The summed E-state index contributed by atoms with van der Waals surface area (Å²) >= 11 is 0. The van der Waals surface area contributed by atoms with Gasteiger partial charge in [0.2, 0.25) is 0 Å². The number of nitrogens with one attached hydrogen (secondary N) is 2. The van der Waals surface area contributed by atoms with Crippen LogP contribution < -0.4 is 11.1 Å². The first-order valence-corrected chi connectivity index (χ1v) is 7.15. The molecule has 1 amide bonds. The molecule has 110 valence electrons. The van der Waals surface area contributed by atoms with E-state index < -0.39 is 0 Å². The number of aromatic amines is 1. The Labute approximate surface area is 126 Å². The molecule has 3 aromatic rings. The summed E-state index contributed by atoms with van der Waals surface area (Å²) in [5.74, 6) is -0.165. The van der Waals surface area contributed by atoms with Crippen molar-refractivity contribution in [3.05, 3.63) is 53.9 Å². The number of carbonyl (C=O) groups is 1. The van der Waals surface area contributed by atoms with Gasteiger partial charge in [-0.25, -0.2) is 4.98 Å². The van der Waals surface area contributed by atoms with Gasteiger partial charge in [0.15, 0.2) is 5.65 Å². The van der Waals surface area contributed by atoms with Gasteiger partial charge in [-0.3, -0.25) is 9.89 Å². The summed E-state index contributed by atoms with van der Waals surface area (Å²) in [4.78, 5) is 16.5. The highest BCUT2D eigenvalue weighted by Crippen LogP contribution is 2.42. The summed E-state index contributed by atoms with van der Waals surface area (Å²) < 4.78 is 0. The fraction of sp³-hybridized carbons (Fsp3) is 0.188. The normalized spacial score (nSPS) is 15.7. The lowest BCUT2D eigenvalue weighted by Crippen LogP contribution is -2.19. The second-order valence-electron chi connectivity index (χ2n) is 5.68. The van der Waals surface area contributed by atoms with Crippen LogP contribution in [0.25, 0.3) is 11.0 Å². The molecule has 6 nitrogen and oxygen atoms in total. The molecular formula is C16H15N5O. The molecule has 0 unspecified atom stereocenters. The summed E-state index contributed by atoms with van der Waals surface area (Å²) in [6, 6.07) is 9.24. The van der Waals surface area contributed by atoms with E-state index >= 15 is 0 Å². The van der Waals surface area contributed by atoms with Gasteiger partial charge in [-0.1, -0.05) is 12.1 Å². The Kier molecular flexibility index (Phi) is 2.74. The number of rotatable bonds is 3. The fourth-order valence-electron chi connectivity index (χ4n) is 2.53. The molecule has 1 saturated carbocycles. The van der Waals surface area contributed by atoms with Crippen molar-refractivity contribution >= 4 is 22.6 Å². The lowest BCUT2D eigenvalue weighted by Gasteiger charge is -2.10. The van der Waals surface area contributed by atoms with Gasteiger partial charge < -0.3 is 11.1 Å². The number of fused-ring (bicyclic) bond motifs is 1. The van der Waals surface area contributed by atoms with Crippen LogP contribution in [0.4, 0.5) is 5.69 Å². The van der Waals surface area contributed by atoms with E-state index in [0.29, 0.717) is 16.9 Å². The third-order valence-electron chi connectivity index (χ3n) is 4.11. The molecule has 0 radical (unpaired) electrons. The zero-order chi connectivity index (χ0) is 15.2. The average Bonchev–Trinajstić information content (AvgIpc) is 3.11. The molecule has 0 spiro atoms. The van der Waals surface area contributed by atoms with Crippen molar-refractivity contribution in [2.24, 2.45) is 5.73 Å². The molecule has 0 aliphatic heterocycles. The van der Waals surface area contributed by atoms with Crippen LogP contribution in [-0.2, 0) is 5.54 Å². The van der Waals surface area contributed by atoms with Gasteiger partial charge in [-0.2, -0.15) is 5.10 Å². The van der Waals surface area contributed by atoms with E-state index in [2.05, 4.69) is 20.5 Å². The molecule has 0 saturated heterocycles. The molecule has 1 aliphatic rings. The Balaban J connectivity index is 1.58. The minimum absolute atomic E-state index is 0.165. The van der Waals surface area contributed by atoms with E-state index in [9.17, 15) is 4.79 Å². The maximum Gasteiger partial charge on any atom is 0.255 e. The minimum atomic E-state index is -0.178. The summed E-state index contributed by atoms with van der Waals surface area (Å²) in [6.07, 6.45) is 5.29. The minimum Gasteiger partial charge on any atom is -0.321 e. The number of nitrogens with two attached hydrogens (primary N) is 1. The van der Waals surface area contributed by atoms with Crippen molar-refractivity contribution in [3.8, 4) is 0 Å². The van der Waals surface area contributed by atoms with Gasteiger partial charge in [0.25, 0.3) is 5.91 Å². The molecule has 6 heteroatoms. The third-order valence-corrected chi connectivity index (χ3v) is 4.11. The van der Waals surface area contributed by atoms with Crippen molar-refractivity contribution in [2.45, 2.75) is 18.4 Å². The maximum absolute atomic E-state index is 12.4. The average molecular weight is 293 g/mol. The van der Waals surface area contributed by atoms with E-state index in [4.69, 9.17) is 5.73 Å². The number of hydrogen-bond acceptors (Lipinski definition) is 4. The number of aromatic nitrogens is 3. The van der Waals surface area contributed by atoms with Crippen molar-refractivity contribution in [1.82, 2.24) is 15.2 Å². The molecule has 22 heavy (non-hydrogen) atoms. The van der Waals surface area contributed by atoms with Gasteiger partial charge in [-0.05, 0) is 36.6 Å². The van der Waals surface area contributed by atoms with Crippen LogP contribution in [0.1, 0.15) is 28.8 Å². The van der Waals surface area contributed by atoms with E-state index in [1.807, 2.05) is 24.3 Å². The van der Waals surface area contributed by atoms with Crippen LogP contribution in [0.3, 0.4) is 0 Å². The topological polar surface area (TPSA) is 96.7 Å². The summed E-state index contributed by atoms with van der Waals surface area (Å²) in [6.45, 7) is 0. The van der Waals surface area contributed by atoms with Crippen molar-refractivity contribution in [3.63, 3.8) is 0 Å². The van der Waals surface area contributed by atoms with Crippen LogP contribution >= 0.6 is 0 Å². The molecule has 4 N–H and O–H groups in total. The third kappa shape index (κ3) is 2.14. The Morgan fingerprint density at radius 1 is 1.23 bits per heavy atom. The largest absolute Gasteiger partial charge is 0.321 e. The molecule has 0 bridgehead atoms. The number of hydrogen-bond donors (Lipinski definition) is 3. The number of amides is 1. The molecule has 1 fully saturated rings. The van der Waals surface area contributed by atoms with Gasteiger partial charge in [0, 0.05) is 17.3 Å². The Morgan fingerprint density at radius 3 is 2.73 bits per heavy atom. The number of carbonyl (C=O) groups excluding carboxylic acids is 1. The van der Waals surface area contributed by atoms with Gasteiger partial charge in [0.1, 0.15) is 0 Å². The highest BCUT2D eigenvalue weighted by atomic mass is 16.1. The van der Waals surface area contributed by atoms with Gasteiger partial charge in [-0.15, -0.1) is 0 Å². The maximum atomic E-state index is 12.4. The predicted octanol–water partition coefficient (Wildman–Crippen LogP) is 2.16. The smallest absolute Gasteiger partial charge is 0.255 e. The van der Waals surface area contributed by atoms with Crippen LogP contribution in [0, 0.1) is 0 Å². The highest BCUT2D eigenvalue weighted by molar-refractivity contribution is 6.08. The van der Waals surface area contributed by atoms with Crippen molar-refractivity contribution < 1.29 is 4.79 Å². The van der Waals surface area contributed by atoms with Crippen molar-refractivity contribution in [2.75, 3.05) is 5.32 Å². The fourth-order valence-corrected chi connectivity index (χ4v) is 2.53. The molecular weight excluding hydrogens is 278 g/mol. The monoisotopic (exact) mass is 293 g/mol. The first kappa shape index (κ1) is 13.0. The van der Waals surface area contributed by atoms with E-state index in [0.717, 1.165) is 23.8 Å². The standard InChI is InChI=1S/C16H15N5O/c17-16(6-7-16)11-3-1-10(2-4-11)15(22)20-13-5-8-18-14-12(13)9-19-21-14/h1-5,8-9H,6-7,17H2,(H2,18,19,20,21,22). The lowest BCUT2D eigenvalue weighted by atomic mass is 10.0. The van der Waals surface area contributed by atoms with E-state index in [1.165, 1.54) is 0 Å². The zero-order valence-electron chi connectivity index (χ0n) is 11.8. The molecule has 2 heterocycles. The lowest BCUT2D eigenvalue weighted by molar-refractivity contribution is 0.102. The number of H-pyrrole nitrogens is 1. The summed E-state index contributed by atoms with van der Waals surface area (Å²) in [7, 11) is 0. The predicted molar refractivity (Wildman–Crippen MR) is 83.4 cm³/mol. The second kappa shape index (κ2) is 4.64. The van der Waals surface area contributed by atoms with Crippen LogP contribution in [0.2, 0.25) is 0 Å². The van der Waals surface area contributed by atoms with Gasteiger partial charge >= 0.3 is 0 Å². The van der Waals surface area contributed by atoms with Crippen LogP contribution in [0.15, 0.2) is 42.7 Å². The quantitative estimate of drug-likeness (QED) is 0.689. The first-order valence-electron chi connectivity index (χ1n) is 7.15. The number of nitrogens with zero attached hydrogens (tertiary/aromatic N) is 2. The first-order chi connectivity index (χ1) is 10.7. The molecule has 2 aromatic heterocycles. The van der Waals surface area contributed by atoms with Crippen LogP contribution in [0.5, 0.6) is 0 Å². The number of benzene rings is 1. The van der Waals surface area contributed by atoms with E-state index in [-0.39, 0.29) is 11.4 Å². The summed E-state index contributed by atoms with van der Waals surface area (Å²) in [5, 5.41) is 10.4. The number of anilines is 1. The molecule has 1 aliphatic carbocycles. The van der Waals surface area contributed by atoms with E-state index in [1.54, 1.807) is 18.5 Å². The molecule has 0 atom stereocenters. The van der Waals surface area contributed by atoms with Crippen molar-refractivity contribution in [1.29, 1.82) is 0 Å². The zero-order valence-corrected chi connectivity index (χ0v) is 11.8. The Bertz CT molecular complexity index is 848. The highest BCUT2D eigenvalue weighted by Gasteiger charge is 2.39.